The molecule has 122 valence electrons. The van der Waals surface area contributed by atoms with Gasteiger partial charge in [-0.05, 0) is 31.2 Å². The molecule has 5 nitrogen and oxygen atoms in total. The number of carbonyl (C=O) groups excluding carboxylic acids is 2. The maximum Gasteiger partial charge on any atom is 0.313 e. The second kappa shape index (κ2) is 4.98. The molecule has 1 aromatic carbocycles. The molecular formula is C18H23N3O2. The minimum Gasteiger partial charge on any atom is -0.352 e. The zero-order valence-corrected chi connectivity index (χ0v) is 13.3. The van der Waals surface area contributed by atoms with Crippen LogP contribution in [-0.4, -0.2) is 28.9 Å². The monoisotopic (exact) mass is 313 g/mol. The van der Waals surface area contributed by atoms with E-state index in [1.165, 1.54) is 18.4 Å². The third kappa shape index (κ3) is 2.06. The van der Waals surface area contributed by atoms with Crippen LogP contribution in [0.15, 0.2) is 30.3 Å². The summed E-state index contributed by atoms with van der Waals surface area (Å²) in [7, 11) is 0. The molecule has 3 amide bonds. The summed E-state index contributed by atoms with van der Waals surface area (Å²) >= 11 is 0. The summed E-state index contributed by atoms with van der Waals surface area (Å²) in [5.74, 6) is 0.588. The van der Waals surface area contributed by atoms with Crippen LogP contribution in [0.3, 0.4) is 0 Å². The Morgan fingerprint density at radius 2 is 1.87 bits per heavy atom. The van der Waals surface area contributed by atoms with Crippen LogP contribution in [0.4, 0.5) is 4.79 Å². The zero-order valence-electron chi connectivity index (χ0n) is 13.3. The predicted molar refractivity (Wildman–Crippen MR) is 86.5 cm³/mol. The first-order chi connectivity index (χ1) is 11.1. The topological polar surface area (TPSA) is 75.4 Å². The molecule has 5 heteroatoms. The van der Waals surface area contributed by atoms with Crippen LogP contribution < -0.4 is 11.1 Å². The maximum atomic E-state index is 13.1. The quantitative estimate of drug-likeness (QED) is 0.897. The number of likely N-dealkylation sites (tertiary alicyclic amines) is 1. The molecule has 2 atom stereocenters. The van der Waals surface area contributed by atoms with E-state index < -0.39 is 11.6 Å². The third-order valence-electron chi connectivity index (χ3n) is 5.96. The molecule has 3 fully saturated rings. The summed E-state index contributed by atoms with van der Waals surface area (Å²) in [5.41, 5.74) is 5.59. The minimum atomic E-state index is -0.740. The first-order valence-corrected chi connectivity index (χ1v) is 8.54. The van der Waals surface area contributed by atoms with Gasteiger partial charge in [-0.15, -0.1) is 0 Å². The molecule has 2 unspecified atom stereocenters. The molecule has 1 saturated heterocycles. The fraction of sp³-hybridized carbons (Fsp3) is 0.556. The molecule has 4 rings (SSSR count). The van der Waals surface area contributed by atoms with E-state index >= 15 is 0 Å². The van der Waals surface area contributed by atoms with Crippen LogP contribution in [0.1, 0.15) is 44.1 Å². The normalized spacial score (nSPS) is 30.8. The highest BCUT2D eigenvalue weighted by molar-refractivity contribution is 5.94. The molecule has 1 heterocycles. The maximum absolute atomic E-state index is 13.1. The number of rotatable bonds is 3. The lowest BCUT2D eigenvalue weighted by atomic mass is 9.61. The average molecular weight is 313 g/mol. The van der Waals surface area contributed by atoms with Gasteiger partial charge >= 0.3 is 6.03 Å². The Balaban J connectivity index is 1.67. The van der Waals surface area contributed by atoms with Gasteiger partial charge < -0.3 is 16.0 Å². The molecule has 2 saturated carbocycles. The van der Waals surface area contributed by atoms with Crippen molar-refractivity contribution < 1.29 is 9.59 Å². The van der Waals surface area contributed by atoms with Gasteiger partial charge in [0.05, 0.1) is 5.54 Å². The SMILES string of the molecule is NC(=O)NC1(C(=O)N2CC3CCCCC32c2ccccc2)CC1. The van der Waals surface area contributed by atoms with E-state index in [9.17, 15) is 9.59 Å². The van der Waals surface area contributed by atoms with Crippen molar-refractivity contribution in [3.05, 3.63) is 35.9 Å². The van der Waals surface area contributed by atoms with Gasteiger partial charge in [0, 0.05) is 12.5 Å². The number of nitrogens with zero attached hydrogens (tertiary/aromatic N) is 1. The Morgan fingerprint density at radius 3 is 2.48 bits per heavy atom. The molecular weight excluding hydrogens is 290 g/mol. The minimum absolute atomic E-state index is 0.0540. The smallest absolute Gasteiger partial charge is 0.313 e. The van der Waals surface area contributed by atoms with Crippen molar-refractivity contribution >= 4 is 11.9 Å². The fourth-order valence-electron chi connectivity index (χ4n) is 4.63. The van der Waals surface area contributed by atoms with E-state index in [2.05, 4.69) is 17.4 Å². The molecule has 3 aliphatic rings. The van der Waals surface area contributed by atoms with Crippen LogP contribution >= 0.6 is 0 Å². The number of nitrogens with one attached hydrogen (secondary N) is 1. The summed E-state index contributed by atoms with van der Waals surface area (Å²) in [6.45, 7) is 0.802. The molecule has 2 aliphatic carbocycles. The number of amides is 3. The van der Waals surface area contributed by atoms with Crippen LogP contribution in [0.2, 0.25) is 0 Å². The predicted octanol–water partition coefficient (Wildman–Crippen LogP) is 2.12. The van der Waals surface area contributed by atoms with Gasteiger partial charge in [0.1, 0.15) is 5.54 Å². The van der Waals surface area contributed by atoms with Gasteiger partial charge in [-0.2, -0.15) is 0 Å². The lowest BCUT2D eigenvalue weighted by Crippen LogP contribution is -2.71. The van der Waals surface area contributed by atoms with E-state index in [4.69, 9.17) is 5.73 Å². The van der Waals surface area contributed by atoms with Crippen molar-refractivity contribution in [2.45, 2.75) is 49.6 Å². The largest absolute Gasteiger partial charge is 0.352 e. The van der Waals surface area contributed by atoms with Crippen LogP contribution in [0, 0.1) is 5.92 Å². The summed E-state index contributed by atoms with van der Waals surface area (Å²) in [6, 6.07) is 9.78. The number of nitrogens with two attached hydrogens (primary N) is 1. The van der Waals surface area contributed by atoms with Gasteiger partial charge in [-0.3, -0.25) is 4.79 Å². The van der Waals surface area contributed by atoms with Crippen molar-refractivity contribution in [3.8, 4) is 0 Å². The second-order valence-corrected chi connectivity index (χ2v) is 7.22. The number of benzene rings is 1. The van der Waals surface area contributed by atoms with Crippen LogP contribution in [0.5, 0.6) is 0 Å². The van der Waals surface area contributed by atoms with Crippen LogP contribution in [-0.2, 0) is 10.3 Å². The van der Waals surface area contributed by atoms with Crippen molar-refractivity contribution in [1.82, 2.24) is 10.2 Å². The highest BCUT2D eigenvalue weighted by atomic mass is 16.2. The Morgan fingerprint density at radius 1 is 1.13 bits per heavy atom. The highest BCUT2D eigenvalue weighted by Crippen LogP contribution is 2.55. The first-order valence-electron chi connectivity index (χ1n) is 8.54. The number of carbonyl (C=O) groups is 2. The van der Waals surface area contributed by atoms with E-state index in [0.717, 1.165) is 19.4 Å². The standard InChI is InChI=1S/C18H23N3O2/c19-16(23)20-17(10-11-17)15(22)21-12-14-8-4-5-9-18(14,21)13-6-2-1-3-7-13/h1-3,6-7,14H,4-5,8-12H2,(H3,19,20,23). The Bertz CT molecular complexity index is 641. The Kier molecular flexibility index (Phi) is 3.15. The van der Waals surface area contributed by atoms with Crippen molar-refractivity contribution in [1.29, 1.82) is 0 Å². The van der Waals surface area contributed by atoms with Crippen LogP contribution in [0.25, 0.3) is 0 Å². The Hall–Kier alpha value is -2.04. The zero-order chi connectivity index (χ0) is 16.1. The first kappa shape index (κ1) is 14.5. The lowest BCUT2D eigenvalue weighted by molar-refractivity contribution is -0.170. The summed E-state index contributed by atoms with van der Waals surface area (Å²) < 4.78 is 0. The summed E-state index contributed by atoms with van der Waals surface area (Å²) in [5, 5.41) is 2.69. The number of urea groups is 1. The van der Waals surface area contributed by atoms with E-state index in [1.54, 1.807) is 0 Å². The molecule has 1 aromatic rings. The lowest BCUT2D eigenvalue weighted by Gasteiger charge is -2.62. The highest BCUT2D eigenvalue weighted by Gasteiger charge is 2.63. The summed E-state index contributed by atoms with van der Waals surface area (Å²) in [6.07, 6.45) is 5.97. The molecule has 23 heavy (non-hydrogen) atoms. The fourth-order valence-corrected chi connectivity index (χ4v) is 4.63. The molecule has 3 N–H and O–H groups in total. The summed E-state index contributed by atoms with van der Waals surface area (Å²) in [4.78, 5) is 26.4. The average Bonchev–Trinajstić information content (AvgIpc) is 3.29. The van der Waals surface area contributed by atoms with Crippen molar-refractivity contribution in [2.75, 3.05) is 6.54 Å². The van der Waals surface area contributed by atoms with Crippen molar-refractivity contribution in [3.63, 3.8) is 0 Å². The van der Waals surface area contributed by atoms with Gasteiger partial charge in [0.15, 0.2) is 0 Å². The van der Waals surface area contributed by atoms with Gasteiger partial charge in [0.2, 0.25) is 5.91 Å². The molecule has 1 aliphatic heterocycles. The molecule has 0 bridgehead atoms. The second-order valence-electron chi connectivity index (χ2n) is 7.22. The molecule has 0 radical (unpaired) electrons. The molecule has 0 spiro atoms. The van der Waals surface area contributed by atoms with Crippen molar-refractivity contribution in [2.24, 2.45) is 11.7 Å². The van der Waals surface area contributed by atoms with E-state index in [1.807, 2.05) is 23.1 Å². The van der Waals surface area contributed by atoms with Gasteiger partial charge in [-0.1, -0.05) is 43.2 Å². The molecule has 0 aromatic heterocycles. The number of fused-ring (bicyclic) bond motifs is 1. The number of hydrogen-bond donors (Lipinski definition) is 2. The van der Waals surface area contributed by atoms with E-state index in [0.29, 0.717) is 18.8 Å². The van der Waals surface area contributed by atoms with E-state index in [-0.39, 0.29) is 11.4 Å². The Labute approximate surface area is 136 Å². The van der Waals surface area contributed by atoms with Gasteiger partial charge in [0.25, 0.3) is 0 Å². The van der Waals surface area contributed by atoms with Gasteiger partial charge in [-0.25, -0.2) is 4.79 Å². The third-order valence-corrected chi connectivity index (χ3v) is 5.96. The number of hydrogen-bond acceptors (Lipinski definition) is 2. The number of primary amides is 1.